The van der Waals surface area contributed by atoms with Gasteiger partial charge in [0.05, 0.1) is 0 Å². The Bertz CT molecular complexity index is 647. The molecule has 124 valence electrons. The number of fused-ring (bicyclic) bond motifs is 5. The average molecular weight is 310 g/mol. The summed E-state index contributed by atoms with van der Waals surface area (Å²) >= 11 is 0. The number of rotatable bonds is 1. The first-order chi connectivity index (χ1) is 10.9. The van der Waals surface area contributed by atoms with Gasteiger partial charge in [0.25, 0.3) is 0 Å². The molecule has 6 atom stereocenters. The van der Waals surface area contributed by atoms with Crippen LogP contribution in [0.3, 0.4) is 0 Å². The van der Waals surface area contributed by atoms with E-state index in [-0.39, 0.29) is 10.8 Å². The van der Waals surface area contributed by atoms with Crippen molar-refractivity contribution in [1.82, 2.24) is 0 Å². The van der Waals surface area contributed by atoms with Gasteiger partial charge in [0.15, 0.2) is 0 Å². The topological polar surface area (TPSA) is 17.1 Å². The van der Waals surface area contributed by atoms with Gasteiger partial charge in [-0.1, -0.05) is 52.0 Å². The van der Waals surface area contributed by atoms with E-state index in [9.17, 15) is 4.79 Å². The van der Waals surface area contributed by atoms with E-state index < -0.39 is 0 Å². The number of Topliss-reactive ketones (excluding diaryl/α,β-unsaturated/α-hetero) is 1. The lowest BCUT2D eigenvalue weighted by Crippen LogP contribution is -2.54. The lowest BCUT2D eigenvalue weighted by Gasteiger charge is -2.56. The van der Waals surface area contributed by atoms with Gasteiger partial charge in [-0.05, 0) is 66.4 Å². The Hall–Kier alpha value is -1.11. The molecule has 3 aliphatic carbocycles. The summed E-state index contributed by atoms with van der Waals surface area (Å²) in [5.74, 6) is 2.58. The van der Waals surface area contributed by atoms with Crippen molar-refractivity contribution in [2.45, 2.75) is 65.2 Å². The molecule has 1 nitrogen and oxygen atoms in total. The Balaban J connectivity index is 1.83. The van der Waals surface area contributed by atoms with Crippen LogP contribution < -0.4 is 0 Å². The van der Waals surface area contributed by atoms with Crippen molar-refractivity contribution in [1.29, 1.82) is 0 Å². The Morgan fingerprint density at radius 2 is 1.91 bits per heavy atom. The molecule has 2 saturated carbocycles. The zero-order valence-electron chi connectivity index (χ0n) is 15.1. The van der Waals surface area contributed by atoms with Gasteiger partial charge in [-0.15, -0.1) is 0 Å². The van der Waals surface area contributed by atoms with Gasteiger partial charge in [-0.2, -0.15) is 0 Å². The van der Waals surface area contributed by atoms with Crippen molar-refractivity contribution < 1.29 is 4.79 Å². The van der Waals surface area contributed by atoms with E-state index in [0.717, 1.165) is 12.8 Å². The maximum atomic E-state index is 13.4. The van der Waals surface area contributed by atoms with E-state index in [1.807, 2.05) is 0 Å². The van der Waals surface area contributed by atoms with Crippen LogP contribution in [0.1, 0.15) is 64.5 Å². The number of carbonyl (C=O) groups excluding carboxylic acids is 1. The van der Waals surface area contributed by atoms with Gasteiger partial charge in [0.1, 0.15) is 5.78 Å². The molecule has 0 unspecified atom stereocenters. The molecule has 0 amide bonds. The van der Waals surface area contributed by atoms with E-state index in [0.29, 0.717) is 29.5 Å². The molecule has 4 rings (SSSR count). The summed E-state index contributed by atoms with van der Waals surface area (Å²) in [7, 11) is 0. The van der Waals surface area contributed by atoms with Crippen LogP contribution in [-0.2, 0) is 16.6 Å². The van der Waals surface area contributed by atoms with Crippen LogP contribution in [0.5, 0.6) is 0 Å². The van der Waals surface area contributed by atoms with Crippen LogP contribution >= 0.6 is 0 Å². The monoisotopic (exact) mass is 310 g/mol. The Kier molecular flexibility index (Phi) is 3.31. The van der Waals surface area contributed by atoms with Gasteiger partial charge in [0.2, 0.25) is 0 Å². The van der Waals surface area contributed by atoms with Crippen LogP contribution in [0.4, 0.5) is 0 Å². The molecule has 0 saturated heterocycles. The van der Waals surface area contributed by atoms with Gasteiger partial charge in [-0.3, -0.25) is 4.79 Å². The van der Waals surface area contributed by atoms with Crippen LogP contribution in [0.2, 0.25) is 0 Å². The van der Waals surface area contributed by atoms with E-state index in [2.05, 4.69) is 52.0 Å². The van der Waals surface area contributed by atoms with Crippen molar-refractivity contribution in [3.05, 3.63) is 35.4 Å². The number of hydrogen-bond donors (Lipinski definition) is 0. The van der Waals surface area contributed by atoms with Crippen molar-refractivity contribution in [2.24, 2.45) is 29.1 Å². The SMILES string of the molecule is CC[C@@H]1C(=O)[C@@]2(C)[C@H](CC[C@@]3(C)c4ccccc4CC[C@H]23)[C@H]1C. The second-order valence-electron chi connectivity index (χ2n) is 8.83. The van der Waals surface area contributed by atoms with Crippen molar-refractivity contribution >= 4 is 5.78 Å². The van der Waals surface area contributed by atoms with Gasteiger partial charge >= 0.3 is 0 Å². The molecule has 3 aliphatic rings. The predicted octanol–water partition coefficient (Wildman–Crippen LogP) is 5.17. The lowest BCUT2D eigenvalue weighted by molar-refractivity contribution is -0.137. The zero-order chi connectivity index (χ0) is 16.4. The molecular weight excluding hydrogens is 280 g/mol. The summed E-state index contributed by atoms with van der Waals surface area (Å²) in [6.45, 7) is 9.34. The van der Waals surface area contributed by atoms with E-state index >= 15 is 0 Å². The first kappa shape index (κ1) is 15.4. The molecule has 0 radical (unpaired) electrons. The third-order valence-electron chi connectivity index (χ3n) is 8.15. The number of ketones is 1. The summed E-state index contributed by atoms with van der Waals surface area (Å²) in [5, 5.41) is 0. The molecule has 0 aromatic heterocycles. The molecule has 0 bridgehead atoms. The standard InChI is InChI=1S/C22H30O/c1-5-16-14(2)17-12-13-21(3)18-9-7-6-8-15(18)10-11-19(21)22(17,4)20(16)23/h6-9,14,16-17,19H,5,10-13H2,1-4H3/t14-,16-,17+,19-,21-,22-/m0/s1. The minimum absolute atomic E-state index is 0.0966. The van der Waals surface area contributed by atoms with E-state index in [1.165, 1.54) is 30.4 Å². The lowest BCUT2D eigenvalue weighted by atomic mass is 9.47. The minimum Gasteiger partial charge on any atom is -0.299 e. The highest BCUT2D eigenvalue weighted by molar-refractivity contribution is 5.90. The molecule has 0 spiro atoms. The molecule has 0 aliphatic heterocycles. The van der Waals surface area contributed by atoms with Crippen LogP contribution in [-0.4, -0.2) is 5.78 Å². The first-order valence-corrected chi connectivity index (χ1v) is 9.57. The average Bonchev–Trinajstić information content (AvgIpc) is 2.74. The number of aryl methyl sites for hydroxylation is 1. The molecule has 2 fully saturated rings. The van der Waals surface area contributed by atoms with Gasteiger partial charge in [0, 0.05) is 11.3 Å². The molecule has 1 aromatic rings. The summed E-state index contributed by atoms with van der Waals surface area (Å²) in [4.78, 5) is 13.4. The highest BCUT2D eigenvalue weighted by Gasteiger charge is 2.64. The third kappa shape index (κ3) is 1.77. The Labute approximate surface area is 140 Å². The second-order valence-corrected chi connectivity index (χ2v) is 8.83. The number of carbonyl (C=O) groups is 1. The van der Waals surface area contributed by atoms with Crippen molar-refractivity contribution in [3.63, 3.8) is 0 Å². The largest absolute Gasteiger partial charge is 0.299 e. The highest BCUT2D eigenvalue weighted by Crippen LogP contribution is 2.65. The smallest absolute Gasteiger partial charge is 0.142 e. The molecule has 1 aromatic carbocycles. The quantitative estimate of drug-likeness (QED) is 0.699. The summed E-state index contributed by atoms with van der Waals surface area (Å²) in [6.07, 6.45) is 5.84. The summed E-state index contributed by atoms with van der Waals surface area (Å²) in [6, 6.07) is 9.01. The fraction of sp³-hybridized carbons (Fsp3) is 0.682. The fourth-order valence-electron chi connectivity index (χ4n) is 7.02. The number of benzene rings is 1. The molecule has 0 N–H and O–H groups in total. The molecule has 23 heavy (non-hydrogen) atoms. The Morgan fingerprint density at radius 3 is 2.65 bits per heavy atom. The zero-order valence-corrected chi connectivity index (χ0v) is 15.1. The normalized spacial score (nSPS) is 45.3. The summed E-state index contributed by atoms with van der Waals surface area (Å²) < 4.78 is 0. The highest BCUT2D eigenvalue weighted by atomic mass is 16.1. The van der Waals surface area contributed by atoms with Crippen molar-refractivity contribution in [2.75, 3.05) is 0 Å². The number of hydrogen-bond acceptors (Lipinski definition) is 1. The van der Waals surface area contributed by atoms with E-state index in [4.69, 9.17) is 0 Å². The van der Waals surface area contributed by atoms with Gasteiger partial charge in [-0.25, -0.2) is 0 Å². The van der Waals surface area contributed by atoms with Gasteiger partial charge < -0.3 is 0 Å². The van der Waals surface area contributed by atoms with Crippen molar-refractivity contribution in [3.8, 4) is 0 Å². The van der Waals surface area contributed by atoms with E-state index in [1.54, 1.807) is 0 Å². The van der Waals surface area contributed by atoms with Crippen LogP contribution in [0.15, 0.2) is 24.3 Å². The predicted molar refractivity (Wildman–Crippen MR) is 94.4 cm³/mol. The molecular formula is C22H30O. The fourth-order valence-corrected chi connectivity index (χ4v) is 7.02. The second kappa shape index (κ2) is 4.94. The van der Waals surface area contributed by atoms with Crippen LogP contribution in [0, 0.1) is 29.1 Å². The Morgan fingerprint density at radius 1 is 1.17 bits per heavy atom. The molecule has 1 heteroatoms. The first-order valence-electron chi connectivity index (χ1n) is 9.57. The maximum absolute atomic E-state index is 13.4. The minimum atomic E-state index is -0.0966. The molecule has 0 heterocycles. The third-order valence-corrected chi connectivity index (χ3v) is 8.15. The summed E-state index contributed by atoms with van der Waals surface area (Å²) in [5.41, 5.74) is 3.16. The van der Waals surface area contributed by atoms with Crippen LogP contribution in [0.25, 0.3) is 0 Å². The maximum Gasteiger partial charge on any atom is 0.142 e.